The van der Waals surface area contributed by atoms with Crippen molar-refractivity contribution < 1.29 is 4.42 Å². The van der Waals surface area contributed by atoms with Crippen LogP contribution in [0.15, 0.2) is 53.1 Å². The number of benzene rings is 1. The molecule has 6 heteroatoms. The van der Waals surface area contributed by atoms with Gasteiger partial charge in [0, 0.05) is 6.54 Å². The van der Waals surface area contributed by atoms with Crippen LogP contribution in [0.4, 0.5) is 11.8 Å². The highest BCUT2D eigenvalue weighted by atomic mass is 16.3. The van der Waals surface area contributed by atoms with Crippen LogP contribution >= 0.6 is 0 Å². The first-order valence-electron chi connectivity index (χ1n) is 6.67. The van der Waals surface area contributed by atoms with E-state index in [2.05, 4.69) is 21.4 Å². The van der Waals surface area contributed by atoms with E-state index in [1.807, 2.05) is 30.3 Å². The van der Waals surface area contributed by atoms with Gasteiger partial charge in [0.25, 0.3) is 0 Å². The predicted octanol–water partition coefficient (Wildman–Crippen LogP) is 2.80. The van der Waals surface area contributed by atoms with Gasteiger partial charge in [-0.15, -0.1) is 0 Å². The molecule has 3 rings (SSSR count). The minimum atomic E-state index is 0.0842. The molecule has 1 aromatic carbocycles. The molecule has 2 heterocycles. The maximum atomic E-state index is 9.43. The van der Waals surface area contributed by atoms with Gasteiger partial charge in [-0.1, -0.05) is 30.3 Å². The van der Waals surface area contributed by atoms with E-state index < -0.39 is 0 Å². The van der Waals surface area contributed by atoms with Crippen LogP contribution < -0.4 is 11.1 Å². The number of aromatic nitrogens is 2. The average molecular weight is 291 g/mol. The van der Waals surface area contributed by atoms with Gasteiger partial charge in [-0.25, -0.2) is 4.98 Å². The SMILES string of the molecule is N#Cc1c(NCc2ccccc2)nc(N)nc1-c1ccco1. The van der Waals surface area contributed by atoms with Crippen LogP contribution in [0.1, 0.15) is 11.1 Å². The highest BCUT2D eigenvalue weighted by molar-refractivity contribution is 5.71. The molecule has 2 aromatic heterocycles. The Morgan fingerprint density at radius 2 is 1.95 bits per heavy atom. The van der Waals surface area contributed by atoms with Crippen LogP contribution in [0.2, 0.25) is 0 Å². The summed E-state index contributed by atoms with van der Waals surface area (Å²) >= 11 is 0. The zero-order chi connectivity index (χ0) is 15.4. The van der Waals surface area contributed by atoms with E-state index in [9.17, 15) is 5.26 Å². The van der Waals surface area contributed by atoms with Crippen molar-refractivity contribution in [2.75, 3.05) is 11.1 Å². The topological polar surface area (TPSA) is 101 Å². The minimum absolute atomic E-state index is 0.0842. The fourth-order valence-electron chi connectivity index (χ4n) is 2.09. The number of nitrogens with one attached hydrogen (secondary N) is 1. The van der Waals surface area contributed by atoms with Gasteiger partial charge >= 0.3 is 0 Å². The van der Waals surface area contributed by atoms with Crippen LogP contribution in [0.3, 0.4) is 0 Å². The van der Waals surface area contributed by atoms with Crippen LogP contribution in [0.5, 0.6) is 0 Å². The fourth-order valence-corrected chi connectivity index (χ4v) is 2.09. The summed E-state index contributed by atoms with van der Waals surface area (Å²) in [6, 6.07) is 15.4. The number of nitrogens with two attached hydrogens (primary N) is 1. The Hall–Kier alpha value is -3.33. The number of hydrogen-bond acceptors (Lipinski definition) is 6. The lowest BCUT2D eigenvalue weighted by molar-refractivity contribution is 0.580. The summed E-state index contributed by atoms with van der Waals surface area (Å²) in [6.45, 7) is 0.531. The van der Waals surface area contributed by atoms with Crippen molar-refractivity contribution in [3.8, 4) is 17.5 Å². The second-order valence-electron chi connectivity index (χ2n) is 4.58. The molecule has 0 saturated heterocycles. The first-order chi connectivity index (χ1) is 10.8. The Bertz CT molecular complexity index is 807. The summed E-state index contributed by atoms with van der Waals surface area (Å²) in [5.41, 5.74) is 7.51. The molecule has 0 spiro atoms. The van der Waals surface area contributed by atoms with Gasteiger partial charge in [-0.3, -0.25) is 0 Å². The van der Waals surface area contributed by atoms with Gasteiger partial charge in [-0.2, -0.15) is 10.2 Å². The number of anilines is 2. The van der Waals surface area contributed by atoms with Crippen molar-refractivity contribution in [3.63, 3.8) is 0 Å². The standard InChI is InChI=1S/C16H13N5O/c17-9-12-14(13-7-4-8-22-13)20-16(18)21-15(12)19-10-11-5-2-1-3-6-11/h1-8H,10H2,(H3,18,19,20,21). The van der Waals surface area contributed by atoms with E-state index in [1.165, 1.54) is 6.26 Å². The molecule has 108 valence electrons. The summed E-state index contributed by atoms with van der Waals surface area (Å²) in [5.74, 6) is 0.958. The Morgan fingerprint density at radius 3 is 2.64 bits per heavy atom. The van der Waals surface area contributed by atoms with E-state index >= 15 is 0 Å². The molecule has 0 unspecified atom stereocenters. The zero-order valence-electron chi connectivity index (χ0n) is 11.7. The van der Waals surface area contributed by atoms with Crippen molar-refractivity contribution >= 4 is 11.8 Å². The second kappa shape index (κ2) is 5.97. The Kier molecular flexibility index (Phi) is 3.70. The summed E-state index contributed by atoms with van der Waals surface area (Å²) in [7, 11) is 0. The molecule has 0 saturated carbocycles. The van der Waals surface area contributed by atoms with Crippen molar-refractivity contribution in [1.29, 1.82) is 5.26 Å². The van der Waals surface area contributed by atoms with Gasteiger partial charge in [0.15, 0.2) is 11.6 Å². The summed E-state index contributed by atoms with van der Waals surface area (Å²) in [6.07, 6.45) is 1.52. The largest absolute Gasteiger partial charge is 0.463 e. The fraction of sp³-hybridized carbons (Fsp3) is 0.0625. The van der Waals surface area contributed by atoms with Crippen LogP contribution in [0.25, 0.3) is 11.5 Å². The molecular formula is C16H13N5O. The van der Waals surface area contributed by atoms with E-state index in [-0.39, 0.29) is 5.95 Å². The smallest absolute Gasteiger partial charge is 0.222 e. The van der Waals surface area contributed by atoms with Crippen molar-refractivity contribution in [1.82, 2.24) is 9.97 Å². The molecule has 0 aliphatic carbocycles. The lowest BCUT2D eigenvalue weighted by Crippen LogP contribution is -2.08. The lowest BCUT2D eigenvalue weighted by Gasteiger charge is -2.10. The molecule has 0 fully saturated rings. The highest BCUT2D eigenvalue weighted by Gasteiger charge is 2.16. The molecule has 3 N–H and O–H groups in total. The third-order valence-corrected chi connectivity index (χ3v) is 3.10. The second-order valence-corrected chi connectivity index (χ2v) is 4.58. The molecule has 0 atom stereocenters. The van der Waals surface area contributed by atoms with Gasteiger partial charge in [-0.05, 0) is 17.7 Å². The molecule has 3 aromatic rings. The number of hydrogen-bond donors (Lipinski definition) is 2. The molecule has 0 aliphatic rings. The number of nitriles is 1. The monoisotopic (exact) mass is 291 g/mol. The molecular weight excluding hydrogens is 278 g/mol. The summed E-state index contributed by atoms with van der Waals surface area (Å²) < 4.78 is 5.31. The summed E-state index contributed by atoms with van der Waals surface area (Å²) in [4.78, 5) is 8.23. The normalized spacial score (nSPS) is 10.1. The molecule has 0 bridgehead atoms. The third kappa shape index (κ3) is 2.74. The first kappa shape index (κ1) is 13.6. The number of nitrogens with zero attached hydrogens (tertiary/aromatic N) is 3. The number of rotatable bonds is 4. The Morgan fingerprint density at radius 1 is 1.14 bits per heavy atom. The van der Waals surface area contributed by atoms with Crippen LogP contribution in [0, 0.1) is 11.3 Å². The minimum Gasteiger partial charge on any atom is -0.463 e. The molecule has 0 radical (unpaired) electrons. The third-order valence-electron chi connectivity index (χ3n) is 3.10. The number of furan rings is 1. The average Bonchev–Trinajstić information content (AvgIpc) is 3.07. The maximum absolute atomic E-state index is 9.43. The van der Waals surface area contributed by atoms with E-state index in [4.69, 9.17) is 10.2 Å². The highest BCUT2D eigenvalue weighted by Crippen LogP contribution is 2.27. The van der Waals surface area contributed by atoms with Crippen LogP contribution in [-0.2, 0) is 6.54 Å². The zero-order valence-corrected chi connectivity index (χ0v) is 11.7. The quantitative estimate of drug-likeness (QED) is 0.766. The van der Waals surface area contributed by atoms with Gasteiger partial charge in [0.1, 0.15) is 17.3 Å². The lowest BCUT2D eigenvalue weighted by atomic mass is 10.1. The van der Waals surface area contributed by atoms with Gasteiger partial charge in [0.2, 0.25) is 5.95 Å². The van der Waals surface area contributed by atoms with E-state index in [0.717, 1.165) is 5.56 Å². The van der Waals surface area contributed by atoms with Crippen molar-refractivity contribution in [2.45, 2.75) is 6.54 Å². The summed E-state index contributed by atoms with van der Waals surface area (Å²) in [5, 5.41) is 12.6. The molecule has 0 amide bonds. The molecule has 6 nitrogen and oxygen atoms in total. The molecule has 0 aliphatic heterocycles. The van der Waals surface area contributed by atoms with Gasteiger partial charge in [0.05, 0.1) is 6.26 Å². The van der Waals surface area contributed by atoms with E-state index in [1.54, 1.807) is 12.1 Å². The predicted molar refractivity (Wildman–Crippen MR) is 82.6 cm³/mol. The maximum Gasteiger partial charge on any atom is 0.222 e. The van der Waals surface area contributed by atoms with E-state index in [0.29, 0.717) is 29.4 Å². The van der Waals surface area contributed by atoms with Gasteiger partial charge < -0.3 is 15.5 Å². The van der Waals surface area contributed by atoms with Crippen molar-refractivity contribution in [3.05, 3.63) is 59.9 Å². The Balaban J connectivity index is 1.96. The number of nitrogen functional groups attached to an aromatic ring is 1. The molecule has 22 heavy (non-hydrogen) atoms. The Labute approximate surface area is 127 Å². The van der Waals surface area contributed by atoms with Crippen LogP contribution in [-0.4, -0.2) is 9.97 Å². The van der Waals surface area contributed by atoms with Crippen molar-refractivity contribution in [2.24, 2.45) is 0 Å². The first-order valence-corrected chi connectivity index (χ1v) is 6.67.